The van der Waals surface area contributed by atoms with E-state index in [0.29, 0.717) is 25.1 Å². The third kappa shape index (κ3) is 6.52. The van der Waals surface area contributed by atoms with Crippen molar-refractivity contribution < 1.29 is 9.84 Å². The number of benzene rings is 1. The Balaban J connectivity index is 1.73. The molecule has 130 valence electrons. The van der Waals surface area contributed by atoms with Crippen LogP contribution in [0.1, 0.15) is 70.3 Å². The quantitative estimate of drug-likeness (QED) is 0.789. The van der Waals surface area contributed by atoms with E-state index in [1.54, 1.807) is 0 Å². The maximum atomic E-state index is 10.2. The molecule has 1 aliphatic rings. The highest BCUT2D eigenvalue weighted by Gasteiger charge is 2.14. The fourth-order valence-corrected chi connectivity index (χ4v) is 3.30. The molecule has 1 unspecified atom stereocenters. The van der Waals surface area contributed by atoms with Gasteiger partial charge in [0.05, 0.1) is 0 Å². The Bertz CT molecular complexity index is 439. The van der Waals surface area contributed by atoms with Crippen molar-refractivity contribution in [3.63, 3.8) is 0 Å². The summed E-state index contributed by atoms with van der Waals surface area (Å²) < 4.78 is 5.85. The average Bonchev–Trinajstić information content (AvgIpc) is 2.52. The molecular formula is C20H33NO2. The standard InChI is InChI=1S/C20H33NO2/c1-16(2)19-12-8-9-13-20(19)23-15-18(22)14-21-17-10-6-4-3-5-7-11-17/h8-9,12-13,16-18,21-22H,3-7,10-11,14-15H2,1-2H3. The van der Waals surface area contributed by atoms with E-state index in [4.69, 9.17) is 4.74 Å². The fraction of sp³-hybridized carbons (Fsp3) is 0.700. The fourth-order valence-electron chi connectivity index (χ4n) is 3.30. The van der Waals surface area contributed by atoms with Crippen molar-refractivity contribution in [1.29, 1.82) is 0 Å². The van der Waals surface area contributed by atoms with Gasteiger partial charge in [0.2, 0.25) is 0 Å². The summed E-state index contributed by atoms with van der Waals surface area (Å²) in [6.45, 7) is 5.29. The van der Waals surface area contributed by atoms with Crippen molar-refractivity contribution in [2.45, 2.75) is 76.9 Å². The Kier molecular flexibility index (Phi) is 7.90. The number of aliphatic hydroxyl groups excluding tert-OH is 1. The number of hydrogen-bond donors (Lipinski definition) is 2. The van der Waals surface area contributed by atoms with Crippen molar-refractivity contribution in [3.8, 4) is 5.75 Å². The van der Waals surface area contributed by atoms with Crippen molar-refractivity contribution in [2.75, 3.05) is 13.2 Å². The predicted molar refractivity (Wildman–Crippen MR) is 96.1 cm³/mol. The number of para-hydroxylation sites is 1. The van der Waals surface area contributed by atoms with E-state index in [9.17, 15) is 5.11 Å². The van der Waals surface area contributed by atoms with Gasteiger partial charge in [-0.2, -0.15) is 0 Å². The molecule has 1 fully saturated rings. The minimum absolute atomic E-state index is 0.351. The van der Waals surface area contributed by atoms with Crippen LogP contribution in [0.15, 0.2) is 24.3 Å². The summed E-state index contributed by atoms with van der Waals surface area (Å²) in [5.74, 6) is 1.32. The first-order valence-corrected chi connectivity index (χ1v) is 9.30. The molecule has 2 rings (SSSR count). The largest absolute Gasteiger partial charge is 0.491 e. The summed E-state index contributed by atoms with van der Waals surface area (Å²) in [7, 11) is 0. The average molecular weight is 319 g/mol. The Hall–Kier alpha value is -1.06. The Labute approximate surface area is 141 Å². The van der Waals surface area contributed by atoms with Crippen LogP contribution < -0.4 is 10.1 Å². The van der Waals surface area contributed by atoms with Gasteiger partial charge in [-0.15, -0.1) is 0 Å². The van der Waals surface area contributed by atoms with Gasteiger partial charge in [-0.3, -0.25) is 0 Å². The molecule has 0 aromatic heterocycles. The molecule has 3 nitrogen and oxygen atoms in total. The van der Waals surface area contributed by atoms with Crippen LogP contribution in [0, 0.1) is 0 Å². The van der Waals surface area contributed by atoms with Crippen LogP contribution in [-0.2, 0) is 0 Å². The molecule has 1 atom stereocenters. The third-order valence-electron chi connectivity index (χ3n) is 4.72. The number of hydrogen-bond acceptors (Lipinski definition) is 3. The number of rotatable bonds is 7. The van der Waals surface area contributed by atoms with E-state index in [1.165, 1.54) is 50.5 Å². The molecule has 3 heteroatoms. The second-order valence-corrected chi connectivity index (χ2v) is 7.11. The second-order valence-electron chi connectivity index (χ2n) is 7.11. The van der Waals surface area contributed by atoms with Crippen LogP contribution in [0.25, 0.3) is 0 Å². The lowest BCUT2D eigenvalue weighted by atomic mass is 9.96. The van der Waals surface area contributed by atoms with Crippen LogP contribution in [-0.4, -0.2) is 30.4 Å². The van der Waals surface area contributed by atoms with Gasteiger partial charge >= 0.3 is 0 Å². The summed E-state index contributed by atoms with van der Waals surface area (Å²) in [4.78, 5) is 0. The van der Waals surface area contributed by atoms with Gasteiger partial charge in [0.25, 0.3) is 0 Å². The molecule has 1 saturated carbocycles. The maximum Gasteiger partial charge on any atom is 0.122 e. The van der Waals surface area contributed by atoms with E-state index < -0.39 is 6.10 Å². The summed E-state index contributed by atoms with van der Waals surface area (Å²) in [5, 5.41) is 13.7. The van der Waals surface area contributed by atoms with Gasteiger partial charge in [0.1, 0.15) is 18.5 Å². The van der Waals surface area contributed by atoms with Gasteiger partial charge in [-0.05, 0) is 30.4 Å². The molecule has 0 saturated heterocycles. The Morgan fingerprint density at radius 1 is 1.09 bits per heavy atom. The van der Waals surface area contributed by atoms with Crippen molar-refractivity contribution in [3.05, 3.63) is 29.8 Å². The zero-order valence-corrected chi connectivity index (χ0v) is 14.8. The number of nitrogens with one attached hydrogen (secondary N) is 1. The second kappa shape index (κ2) is 9.94. The SMILES string of the molecule is CC(C)c1ccccc1OCC(O)CNC1CCCCCCC1. The first kappa shape index (κ1) is 18.3. The molecule has 0 bridgehead atoms. The lowest BCUT2D eigenvalue weighted by Crippen LogP contribution is -2.38. The van der Waals surface area contributed by atoms with Gasteiger partial charge in [-0.25, -0.2) is 0 Å². The highest BCUT2D eigenvalue weighted by atomic mass is 16.5. The topological polar surface area (TPSA) is 41.5 Å². The smallest absolute Gasteiger partial charge is 0.122 e. The lowest BCUT2D eigenvalue weighted by Gasteiger charge is -2.23. The van der Waals surface area contributed by atoms with Crippen LogP contribution in [0.4, 0.5) is 0 Å². The normalized spacial score (nSPS) is 18.4. The van der Waals surface area contributed by atoms with Crippen LogP contribution in [0.3, 0.4) is 0 Å². The van der Waals surface area contributed by atoms with Crippen molar-refractivity contribution in [2.24, 2.45) is 0 Å². The van der Waals surface area contributed by atoms with Gasteiger partial charge < -0.3 is 15.2 Å². The first-order chi connectivity index (χ1) is 11.2. The van der Waals surface area contributed by atoms with E-state index in [0.717, 1.165) is 5.75 Å². The zero-order valence-electron chi connectivity index (χ0n) is 14.8. The third-order valence-corrected chi connectivity index (χ3v) is 4.72. The van der Waals surface area contributed by atoms with Gasteiger partial charge in [-0.1, -0.05) is 64.2 Å². The monoisotopic (exact) mass is 319 g/mol. The molecule has 23 heavy (non-hydrogen) atoms. The molecule has 0 heterocycles. The highest BCUT2D eigenvalue weighted by molar-refractivity contribution is 5.35. The molecule has 0 spiro atoms. The molecule has 2 N–H and O–H groups in total. The predicted octanol–water partition coefficient (Wildman–Crippen LogP) is 4.25. The van der Waals surface area contributed by atoms with Crippen LogP contribution in [0.2, 0.25) is 0 Å². The molecule has 0 radical (unpaired) electrons. The lowest BCUT2D eigenvalue weighted by molar-refractivity contribution is 0.102. The first-order valence-electron chi connectivity index (χ1n) is 9.30. The van der Waals surface area contributed by atoms with Crippen LogP contribution >= 0.6 is 0 Å². The van der Waals surface area contributed by atoms with E-state index in [2.05, 4.69) is 25.2 Å². The molecule has 1 aliphatic carbocycles. The van der Waals surface area contributed by atoms with Gasteiger partial charge in [0, 0.05) is 12.6 Å². The number of ether oxygens (including phenoxy) is 1. The summed E-state index contributed by atoms with van der Waals surface area (Å²) in [5.41, 5.74) is 1.20. The van der Waals surface area contributed by atoms with Crippen molar-refractivity contribution in [1.82, 2.24) is 5.32 Å². The summed E-state index contributed by atoms with van der Waals surface area (Å²) >= 11 is 0. The summed E-state index contributed by atoms with van der Waals surface area (Å²) in [6, 6.07) is 8.67. The molecule has 0 aliphatic heterocycles. The minimum atomic E-state index is -0.458. The molecule has 1 aromatic rings. The number of aliphatic hydroxyl groups is 1. The molecule has 0 amide bonds. The van der Waals surface area contributed by atoms with Gasteiger partial charge in [0.15, 0.2) is 0 Å². The molecule has 1 aromatic carbocycles. The van der Waals surface area contributed by atoms with Crippen molar-refractivity contribution >= 4 is 0 Å². The van der Waals surface area contributed by atoms with Crippen LogP contribution in [0.5, 0.6) is 5.75 Å². The Morgan fingerprint density at radius 2 is 1.74 bits per heavy atom. The summed E-state index contributed by atoms with van der Waals surface area (Å²) in [6.07, 6.45) is 8.75. The van der Waals surface area contributed by atoms with E-state index in [-0.39, 0.29) is 0 Å². The Morgan fingerprint density at radius 3 is 2.43 bits per heavy atom. The highest BCUT2D eigenvalue weighted by Crippen LogP contribution is 2.25. The van der Waals surface area contributed by atoms with E-state index in [1.807, 2.05) is 18.2 Å². The maximum absolute atomic E-state index is 10.2. The zero-order chi connectivity index (χ0) is 16.5. The minimum Gasteiger partial charge on any atom is -0.491 e. The molecular weight excluding hydrogens is 286 g/mol. The van der Waals surface area contributed by atoms with E-state index >= 15 is 0 Å².